The van der Waals surface area contributed by atoms with Crippen LogP contribution in [0.4, 0.5) is 5.69 Å². The van der Waals surface area contributed by atoms with Crippen molar-refractivity contribution in [1.82, 2.24) is 10.3 Å². The molecule has 0 saturated carbocycles. The van der Waals surface area contributed by atoms with Crippen molar-refractivity contribution in [2.75, 3.05) is 25.5 Å². The van der Waals surface area contributed by atoms with Crippen LogP contribution in [-0.4, -0.2) is 36.6 Å². The molecule has 0 saturated heterocycles. The van der Waals surface area contributed by atoms with E-state index < -0.39 is 5.91 Å². The highest BCUT2D eigenvalue weighted by Crippen LogP contribution is 2.18. The number of fused-ring (bicyclic) bond motifs is 1. The van der Waals surface area contributed by atoms with Crippen molar-refractivity contribution in [3.05, 3.63) is 30.0 Å². The molecule has 0 fully saturated rings. The van der Waals surface area contributed by atoms with Gasteiger partial charge < -0.3 is 26.5 Å². The molecule has 0 unspecified atom stereocenters. The van der Waals surface area contributed by atoms with Gasteiger partial charge in [-0.1, -0.05) is 0 Å². The fraction of sp³-hybridized carbons (Fsp3) is 0.231. The van der Waals surface area contributed by atoms with Gasteiger partial charge in [0.2, 0.25) is 5.91 Å². The van der Waals surface area contributed by atoms with Gasteiger partial charge in [-0.25, -0.2) is 0 Å². The molecule has 1 aromatic carbocycles. The quantitative estimate of drug-likeness (QED) is 0.437. The van der Waals surface area contributed by atoms with Gasteiger partial charge in [0.05, 0.1) is 6.61 Å². The number of benzene rings is 1. The summed E-state index contributed by atoms with van der Waals surface area (Å²) in [5.41, 5.74) is 12.5. The molecular formula is C13H16N4O3. The van der Waals surface area contributed by atoms with E-state index in [1.54, 1.807) is 18.2 Å². The zero-order chi connectivity index (χ0) is 14.5. The van der Waals surface area contributed by atoms with E-state index in [4.69, 9.17) is 16.2 Å². The summed E-state index contributed by atoms with van der Waals surface area (Å²) in [6.07, 6.45) is 0. The maximum atomic E-state index is 11.9. The molecular weight excluding hydrogens is 260 g/mol. The Bertz CT molecular complexity index is 636. The largest absolute Gasteiger partial charge is 0.399 e. The third-order valence-electron chi connectivity index (χ3n) is 2.67. The molecule has 0 aliphatic heterocycles. The lowest BCUT2D eigenvalue weighted by molar-refractivity contribution is -0.122. The molecule has 6 N–H and O–H groups in total. The van der Waals surface area contributed by atoms with E-state index in [0.29, 0.717) is 17.9 Å². The van der Waals surface area contributed by atoms with E-state index in [9.17, 15) is 9.59 Å². The molecule has 0 radical (unpaired) electrons. The van der Waals surface area contributed by atoms with Crippen LogP contribution in [0.5, 0.6) is 0 Å². The van der Waals surface area contributed by atoms with Crippen LogP contribution < -0.4 is 16.8 Å². The van der Waals surface area contributed by atoms with Gasteiger partial charge in [0.25, 0.3) is 5.91 Å². The highest BCUT2D eigenvalue weighted by molar-refractivity contribution is 5.98. The number of nitrogens with two attached hydrogens (primary N) is 2. The Morgan fingerprint density at radius 3 is 2.85 bits per heavy atom. The number of hydrogen-bond acceptors (Lipinski definition) is 4. The van der Waals surface area contributed by atoms with Gasteiger partial charge in [0.15, 0.2) is 0 Å². The van der Waals surface area contributed by atoms with Crippen LogP contribution in [-0.2, 0) is 9.53 Å². The minimum absolute atomic E-state index is 0.151. The molecule has 0 aliphatic carbocycles. The summed E-state index contributed by atoms with van der Waals surface area (Å²) in [5.74, 6) is -0.785. The normalized spacial score (nSPS) is 10.6. The predicted molar refractivity (Wildman–Crippen MR) is 75.1 cm³/mol. The van der Waals surface area contributed by atoms with Crippen LogP contribution in [0.15, 0.2) is 24.3 Å². The molecule has 20 heavy (non-hydrogen) atoms. The van der Waals surface area contributed by atoms with Crippen LogP contribution in [0.3, 0.4) is 0 Å². The Kier molecular flexibility index (Phi) is 4.21. The topological polar surface area (TPSA) is 123 Å². The summed E-state index contributed by atoms with van der Waals surface area (Å²) in [7, 11) is 0. The number of anilines is 1. The molecule has 2 rings (SSSR count). The first-order valence-electron chi connectivity index (χ1n) is 6.09. The van der Waals surface area contributed by atoms with Crippen LogP contribution in [0.1, 0.15) is 10.5 Å². The van der Waals surface area contributed by atoms with Gasteiger partial charge in [-0.15, -0.1) is 0 Å². The maximum Gasteiger partial charge on any atom is 0.267 e. The van der Waals surface area contributed by atoms with Crippen molar-refractivity contribution < 1.29 is 14.3 Å². The summed E-state index contributed by atoms with van der Waals surface area (Å²) >= 11 is 0. The number of hydrogen-bond donors (Lipinski definition) is 4. The summed E-state index contributed by atoms with van der Waals surface area (Å²) in [5, 5.41) is 3.54. The predicted octanol–water partition coefficient (Wildman–Crippen LogP) is -0.0182. The van der Waals surface area contributed by atoms with E-state index in [1.807, 2.05) is 6.07 Å². The molecule has 0 aliphatic rings. The Morgan fingerprint density at radius 1 is 1.30 bits per heavy atom. The van der Waals surface area contributed by atoms with Crippen LogP contribution in [0.25, 0.3) is 10.9 Å². The standard InChI is InChI=1S/C13H16N4O3/c14-9-1-2-10-8(5-9)6-11(17-10)13(19)16-3-4-20-7-12(15)18/h1-2,5-6,17H,3-4,7,14H2,(H2,15,18)(H,16,19). The zero-order valence-corrected chi connectivity index (χ0v) is 10.8. The summed E-state index contributed by atoms with van der Waals surface area (Å²) in [4.78, 5) is 25.3. The Hall–Kier alpha value is -2.54. The van der Waals surface area contributed by atoms with Crippen molar-refractivity contribution in [3.63, 3.8) is 0 Å². The van der Waals surface area contributed by atoms with Crippen LogP contribution in [0, 0.1) is 0 Å². The third-order valence-corrected chi connectivity index (χ3v) is 2.67. The Labute approximate surface area is 115 Å². The second-order valence-corrected chi connectivity index (χ2v) is 4.30. The highest BCUT2D eigenvalue weighted by Gasteiger charge is 2.09. The number of nitrogens with one attached hydrogen (secondary N) is 2. The minimum atomic E-state index is -0.537. The van der Waals surface area contributed by atoms with Gasteiger partial charge in [0.1, 0.15) is 12.3 Å². The first kappa shape index (κ1) is 13.9. The molecule has 1 heterocycles. The van der Waals surface area contributed by atoms with Crippen molar-refractivity contribution in [1.29, 1.82) is 0 Å². The van der Waals surface area contributed by atoms with E-state index in [0.717, 1.165) is 10.9 Å². The van der Waals surface area contributed by atoms with Gasteiger partial charge in [-0.3, -0.25) is 9.59 Å². The van der Waals surface area contributed by atoms with Crippen LogP contribution >= 0.6 is 0 Å². The van der Waals surface area contributed by atoms with E-state index >= 15 is 0 Å². The molecule has 106 valence electrons. The fourth-order valence-electron chi connectivity index (χ4n) is 1.78. The van der Waals surface area contributed by atoms with Crippen molar-refractivity contribution in [2.24, 2.45) is 5.73 Å². The maximum absolute atomic E-state index is 11.9. The second kappa shape index (κ2) is 6.07. The molecule has 0 bridgehead atoms. The van der Waals surface area contributed by atoms with Gasteiger partial charge >= 0.3 is 0 Å². The lowest BCUT2D eigenvalue weighted by atomic mass is 10.2. The molecule has 0 atom stereocenters. The minimum Gasteiger partial charge on any atom is -0.399 e. The van der Waals surface area contributed by atoms with Gasteiger partial charge in [0, 0.05) is 23.1 Å². The molecule has 7 heteroatoms. The summed E-state index contributed by atoms with van der Waals surface area (Å²) in [6, 6.07) is 7.10. The number of nitrogen functional groups attached to an aromatic ring is 1. The first-order chi connectivity index (χ1) is 9.56. The molecule has 1 aromatic heterocycles. The first-order valence-corrected chi connectivity index (χ1v) is 6.09. The molecule has 2 aromatic rings. The molecule has 7 nitrogen and oxygen atoms in total. The monoisotopic (exact) mass is 276 g/mol. The molecule has 0 spiro atoms. The fourth-order valence-corrected chi connectivity index (χ4v) is 1.78. The number of rotatable bonds is 6. The highest BCUT2D eigenvalue weighted by atomic mass is 16.5. The van der Waals surface area contributed by atoms with Crippen molar-refractivity contribution in [3.8, 4) is 0 Å². The SMILES string of the molecule is NC(=O)COCCNC(=O)c1cc2cc(N)ccc2[nH]1. The average Bonchev–Trinajstić information content (AvgIpc) is 2.80. The Balaban J connectivity index is 1.89. The Morgan fingerprint density at radius 2 is 2.10 bits per heavy atom. The summed E-state index contributed by atoms with van der Waals surface area (Å²) < 4.78 is 4.94. The lowest BCUT2D eigenvalue weighted by Crippen LogP contribution is -2.29. The second-order valence-electron chi connectivity index (χ2n) is 4.30. The lowest BCUT2D eigenvalue weighted by Gasteiger charge is -2.03. The van der Waals surface area contributed by atoms with E-state index in [2.05, 4.69) is 10.3 Å². The van der Waals surface area contributed by atoms with Crippen molar-refractivity contribution >= 4 is 28.4 Å². The zero-order valence-electron chi connectivity index (χ0n) is 10.8. The third kappa shape index (κ3) is 3.48. The average molecular weight is 276 g/mol. The number of carbonyl (C=O) groups excluding carboxylic acids is 2. The number of amides is 2. The number of aromatic amines is 1. The number of aromatic nitrogens is 1. The number of carbonyl (C=O) groups is 2. The smallest absolute Gasteiger partial charge is 0.267 e. The van der Waals surface area contributed by atoms with Gasteiger partial charge in [-0.05, 0) is 24.3 Å². The number of H-pyrrole nitrogens is 1. The van der Waals surface area contributed by atoms with Gasteiger partial charge in [-0.2, -0.15) is 0 Å². The van der Waals surface area contributed by atoms with Crippen LogP contribution in [0.2, 0.25) is 0 Å². The molecule has 2 amide bonds. The van der Waals surface area contributed by atoms with Crippen molar-refractivity contribution in [2.45, 2.75) is 0 Å². The summed E-state index contributed by atoms with van der Waals surface area (Å²) in [6.45, 7) is 0.368. The van der Waals surface area contributed by atoms with E-state index in [1.165, 1.54) is 0 Å². The number of ether oxygens (including phenoxy) is 1. The van der Waals surface area contributed by atoms with E-state index in [-0.39, 0.29) is 19.1 Å². The number of primary amides is 1.